The largest absolute Gasteiger partial charge is 0.378 e. The molecule has 3 heterocycles. The van der Waals surface area contributed by atoms with Gasteiger partial charge in [0, 0.05) is 50.9 Å². The number of nitrogens with zero attached hydrogens (tertiary/aromatic N) is 3. The third kappa shape index (κ3) is 4.18. The monoisotopic (exact) mass is 387 g/mol. The van der Waals surface area contributed by atoms with Crippen molar-refractivity contribution in [1.29, 1.82) is 0 Å². The smallest absolute Gasteiger partial charge is 0.220 e. The van der Waals surface area contributed by atoms with Gasteiger partial charge in [0.15, 0.2) is 0 Å². The summed E-state index contributed by atoms with van der Waals surface area (Å²) < 4.78 is 21.7. The van der Waals surface area contributed by atoms with Crippen LogP contribution >= 0.6 is 0 Å². The van der Waals surface area contributed by atoms with Gasteiger partial charge < -0.3 is 20.3 Å². The summed E-state index contributed by atoms with van der Waals surface area (Å²) in [5.74, 6) is -0.158. The Kier molecular flexibility index (Phi) is 5.59. The summed E-state index contributed by atoms with van der Waals surface area (Å²) in [6, 6.07) is 5.34. The molecule has 2 aliphatic rings. The molecule has 150 valence electrons. The highest BCUT2D eigenvalue weighted by molar-refractivity contribution is 5.77. The number of carbonyl (C=O) groups is 1. The molecule has 2 fully saturated rings. The highest BCUT2D eigenvalue weighted by Crippen LogP contribution is 2.25. The lowest BCUT2D eigenvalue weighted by Crippen LogP contribution is -2.48. The molecule has 28 heavy (non-hydrogen) atoms. The van der Waals surface area contributed by atoms with E-state index in [1.807, 2.05) is 30.3 Å². The van der Waals surface area contributed by atoms with Gasteiger partial charge in [-0.25, -0.2) is 4.39 Å². The van der Waals surface area contributed by atoms with E-state index in [1.165, 1.54) is 0 Å². The Balaban J connectivity index is 1.42. The van der Waals surface area contributed by atoms with E-state index in [2.05, 4.69) is 15.7 Å². The first-order chi connectivity index (χ1) is 13.6. The third-order valence-corrected chi connectivity index (χ3v) is 5.42. The minimum atomic E-state index is -0.207. The molecular weight excluding hydrogens is 361 g/mol. The Bertz CT molecular complexity index is 834. The van der Waals surface area contributed by atoms with Crippen LogP contribution in [0.15, 0.2) is 30.6 Å². The van der Waals surface area contributed by atoms with Gasteiger partial charge in [-0.15, -0.1) is 0 Å². The minimum absolute atomic E-state index is 0.0489. The number of ether oxygens (including phenoxy) is 1. The van der Waals surface area contributed by atoms with Gasteiger partial charge in [-0.1, -0.05) is 6.07 Å². The van der Waals surface area contributed by atoms with E-state index in [9.17, 15) is 9.18 Å². The number of hydrogen-bond acceptors (Lipinski definition) is 5. The van der Waals surface area contributed by atoms with Gasteiger partial charge >= 0.3 is 0 Å². The zero-order valence-electron chi connectivity index (χ0n) is 16.0. The molecule has 2 aliphatic heterocycles. The summed E-state index contributed by atoms with van der Waals surface area (Å²) in [5.41, 5.74) is 2.49. The summed E-state index contributed by atoms with van der Waals surface area (Å²) in [4.78, 5) is 13.9. The van der Waals surface area contributed by atoms with Crippen molar-refractivity contribution in [3.05, 3.63) is 47.5 Å². The van der Waals surface area contributed by atoms with E-state index in [-0.39, 0.29) is 23.8 Å². The Hall–Kier alpha value is -2.45. The number of benzene rings is 1. The molecule has 0 bridgehead atoms. The van der Waals surface area contributed by atoms with Crippen LogP contribution in [0, 0.1) is 5.82 Å². The van der Waals surface area contributed by atoms with Crippen molar-refractivity contribution in [2.24, 2.45) is 7.05 Å². The number of aromatic nitrogens is 2. The van der Waals surface area contributed by atoms with Gasteiger partial charge in [0.1, 0.15) is 5.82 Å². The van der Waals surface area contributed by atoms with Crippen LogP contribution < -0.4 is 15.5 Å². The van der Waals surface area contributed by atoms with Crippen LogP contribution in [0.2, 0.25) is 0 Å². The van der Waals surface area contributed by atoms with Gasteiger partial charge in [-0.3, -0.25) is 9.48 Å². The number of piperidine rings is 1. The number of amides is 1. The van der Waals surface area contributed by atoms with Crippen LogP contribution in [0.4, 0.5) is 10.1 Å². The molecule has 8 heteroatoms. The molecule has 0 spiro atoms. The average molecular weight is 387 g/mol. The summed E-state index contributed by atoms with van der Waals surface area (Å²) in [7, 11) is 1.86. The normalized spacial score (nSPS) is 22.9. The summed E-state index contributed by atoms with van der Waals surface area (Å²) in [6.45, 7) is 3.22. The standard InChI is InChI=1S/C20H26FN5O2/c1-25-13-15(12-23-25)20-17(3-5-19(27)24-20)22-11-14-2-4-18(16(21)10-14)26-6-8-28-9-7-26/h2,4,10,12-13,17,20,22H,3,5-9,11H2,1H3,(H,24,27)/t17-,20+/m1/s1. The zero-order valence-corrected chi connectivity index (χ0v) is 16.0. The molecule has 0 radical (unpaired) electrons. The van der Waals surface area contributed by atoms with Crippen LogP contribution in [0.1, 0.15) is 30.0 Å². The number of morpholine rings is 1. The Labute approximate surface area is 163 Å². The number of anilines is 1. The number of carbonyl (C=O) groups excluding carboxylic acids is 1. The van der Waals surface area contributed by atoms with Crippen molar-refractivity contribution in [1.82, 2.24) is 20.4 Å². The number of nitrogens with one attached hydrogen (secondary N) is 2. The molecule has 0 unspecified atom stereocenters. The second kappa shape index (κ2) is 8.28. The lowest BCUT2D eigenvalue weighted by Gasteiger charge is -2.32. The van der Waals surface area contributed by atoms with Crippen LogP contribution in [0.5, 0.6) is 0 Å². The first-order valence-electron chi connectivity index (χ1n) is 9.72. The van der Waals surface area contributed by atoms with E-state index in [4.69, 9.17) is 4.74 Å². The van der Waals surface area contributed by atoms with Crippen LogP contribution in [0.25, 0.3) is 0 Å². The summed E-state index contributed by atoms with van der Waals surface area (Å²) in [5, 5.41) is 10.7. The zero-order chi connectivity index (χ0) is 19.5. The molecule has 1 aromatic carbocycles. The topological polar surface area (TPSA) is 71.4 Å². The lowest BCUT2D eigenvalue weighted by molar-refractivity contribution is -0.123. The van der Waals surface area contributed by atoms with Crippen molar-refractivity contribution in [2.75, 3.05) is 31.2 Å². The fourth-order valence-electron chi connectivity index (χ4n) is 3.91. The molecule has 7 nitrogen and oxygen atoms in total. The molecule has 2 saturated heterocycles. The first-order valence-corrected chi connectivity index (χ1v) is 9.72. The maximum Gasteiger partial charge on any atom is 0.220 e. The van der Waals surface area contributed by atoms with Gasteiger partial charge in [0.05, 0.1) is 31.1 Å². The van der Waals surface area contributed by atoms with Crippen molar-refractivity contribution < 1.29 is 13.9 Å². The molecular formula is C20H26FN5O2. The molecule has 4 rings (SSSR count). The van der Waals surface area contributed by atoms with Gasteiger partial charge in [0.2, 0.25) is 5.91 Å². The van der Waals surface area contributed by atoms with E-state index >= 15 is 0 Å². The van der Waals surface area contributed by atoms with Gasteiger partial charge in [-0.05, 0) is 24.1 Å². The Morgan fingerprint density at radius 3 is 2.89 bits per heavy atom. The second-order valence-corrected chi connectivity index (χ2v) is 7.40. The number of rotatable bonds is 5. The minimum Gasteiger partial charge on any atom is -0.378 e. The predicted octanol–water partition coefficient (Wildman–Crippen LogP) is 1.51. The molecule has 1 amide bonds. The fourth-order valence-corrected chi connectivity index (χ4v) is 3.91. The quantitative estimate of drug-likeness (QED) is 0.814. The molecule has 2 atom stereocenters. The molecule has 1 aromatic heterocycles. The average Bonchev–Trinajstić information content (AvgIpc) is 3.14. The summed E-state index contributed by atoms with van der Waals surface area (Å²) >= 11 is 0. The van der Waals surface area contributed by atoms with Crippen LogP contribution in [0.3, 0.4) is 0 Å². The predicted molar refractivity (Wildman–Crippen MR) is 103 cm³/mol. The van der Waals surface area contributed by atoms with Crippen molar-refractivity contribution in [3.63, 3.8) is 0 Å². The van der Waals surface area contributed by atoms with Crippen molar-refractivity contribution in [3.8, 4) is 0 Å². The Morgan fingerprint density at radius 2 is 2.18 bits per heavy atom. The highest BCUT2D eigenvalue weighted by atomic mass is 19.1. The fraction of sp³-hybridized carbons (Fsp3) is 0.500. The van der Waals surface area contributed by atoms with Gasteiger partial charge in [-0.2, -0.15) is 5.10 Å². The maximum absolute atomic E-state index is 14.6. The number of halogens is 1. The molecule has 0 saturated carbocycles. The van der Waals surface area contributed by atoms with E-state index in [0.717, 1.165) is 17.5 Å². The lowest BCUT2D eigenvalue weighted by atomic mass is 9.93. The van der Waals surface area contributed by atoms with Crippen LogP contribution in [-0.4, -0.2) is 48.0 Å². The molecule has 2 N–H and O–H groups in total. The Morgan fingerprint density at radius 1 is 1.36 bits per heavy atom. The molecule has 0 aliphatic carbocycles. The number of aryl methyl sites for hydroxylation is 1. The second-order valence-electron chi connectivity index (χ2n) is 7.40. The maximum atomic E-state index is 14.6. The van der Waals surface area contributed by atoms with Crippen molar-refractivity contribution in [2.45, 2.75) is 31.5 Å². The molecule has 2 aromatic rings. The van der Waals surface area contributed by atoms with Gasteiger partial charge in [0.25, 0.3) is 0 Å². The van der Waals surface area contributed by atoms with E-state index < -0.39 is 0 Å². The van der Waals surface area contributed by atoms with Crippen LogP contribution in [-0.2, 0) is 23.1 Å². The number of hydrogen-bond donors (Lipinski definition) is 2. The third-order valence-electron chi connectivity index (χ3n) is 5.42. The highest BCUT2D eigenvalue weighted by Gasteiger charge is 2.30. The first kappa shape index (κ1) is 18.9. The van der Waals surface area contributed by atoms with E-state index in [1.54, 1.807) is 16.9 Å². The SMILES string of the molecule is Cn1cc([C@@H]2NC(=O)CC[C@H]2NCc2ccc(N3CCOCC3)c(F)c2)cn1. The van der Waals surface area contributed by atoms with Crippen molar-refractivity contribution >= 4 is 11.6 Å². The van der Waals surface area contributed by atoms with E-state index in [0.29, 0.717) is 45.0 Å². The summed E-state index contributed by atoms with van der Waals surface area (Å²) in [6.07, 6.45) is 4.92.